The van der Waals surface area contributed by atoms with Crippen molar-refractivity contribution in [2.45, 2.75) is 6.92 Å². The number of nitrogens with zero attached hydrogens (tertiary/aromatic N) is 2. The molecule has 0 radical (unpaired) electrons. The molecule has 0 saturated heterocycles. The molecule has 0 aliphatic rings. The van der Waals surface area contributed by atoms with Gasteiger partial charge in [0.1, 0.15) is 6.33 Å². The van der Waals surface area contributed by atoms with E-state index in [1.807, 2.05) is 30.5 Å². The zero-order valence-electron chi connectivity index (χ0n) is 9.34. The van der Waals surface area contributed by atoms with Gasteiger partial charge in [0.25, 0.3) is 0 Å². The molecule has 1 amide bonds. The molecule has 3 N–H and O–H groups in total. The molecule has 5 heteroatoms. The van der Waals surface area contributed by atoms with Gasteiger partial charge in [0, 0.05) is 24.0 Å². The molecule has 86 valence electrons. The Morgan fingerprint density at radius 3 is 2.82 bits per heavy atom. The topological polar surface area (TPSA) is 84.7 Å². The number of nitrogens with one attached hydrogen (secondary N) is 1. The van der Waals surface area contributed by atoms with Crippen LogP contribution in [0, 0.1) is 0 Å². The van der Waals surface area contributed by atoms with Crippen molar-refractivity contribution in [3.63, 3.8) is 0 Å². The summed E-state index contributed by atoms with van der Waals surface area (Å²) in [6.07, 6.45) is 3.50. The third-order valence-corrected chi connectivity index (χ3v) is 2.18. The lowest BCUT2D eigenvalue weighted by Gasteiger charge is -1.96. The smallest absolute Gasteiger partial charge is 0.214 e. The van der Waals surface area contributed by atoms with Gasteiger partial charge in [-0.15, -0.1) is 0 Å². The van der Waals surface area contributed by atoms with Gasteiger partial charge >= 0.3 is 0 Å². The second-order valence-electron chi connectivity index (χ2n) is 3.55. The fourth-order valence-electron chi connectivity index (χ4n) is 1.56. The molecular formula is C12H12N4O. The molecule has 0 atom stereocenters. The average molecular weight is 228 g/mol. The van der Waals surface area contributed by atoms with Gasteiger partial charge in [-0.2, -0.15) is 0 Å². The number of pyridine rings is 1. The molecule has 0 fully saturated rings. The lowest BCUT2D eigenvalue weighted by molar-refractivity contribution is -0.115. The minimum absolute atomic E-state index is 0.333. The Morgan fingerprint density at radius 1 is 1.29 bits per heavy atom. The number of H-pyrrole nitrogens is 1. The number of carbonyl (C=O) groups excluding carboxylic acids is 1. The second-order valence-corrected chi connectivity index (χ2v) is 3.55. The lowest BCUT2D eigenvalue weighted by Crippen LogP contribution is -2.01. The highest BCUT2D eigenvalue weighted by atomic mass is 16.1. The summed E-state index contributed by atoms with van der Waals surface area (Å²) in [6.45, 7) is 1.31. The van der Waals surface area contributed by atoms with Crippen molar-refractivity contribution in [1.82, 2.24) is 15.0 Å². The summed E-state index contributed by atoms with van der Waals surface area (Å²) in [5.74, 6) is -0.333. The van der Waals surface area contributed by atoms with Gasteiger partial charge in [0.2, 0.25) is 5.91 Å². The number of imidazole rings is 1. The molecule has 2 aromatic heterocycles. The number of fused-ring (bicyclic) bond motifs is 3. The van der Waals surface area contributed by atoms with E-state index in [9.17, 15) is 4.79 Å². The molecule has 2 heterocycles. The maximum Gasteiger partial charge on any atom is 0.214 e. The van der Waals surface area contributed by atoms with Gasteiger partial charge in [-0.1, -0.05) is 0 Å². The summed E-state index contributed by atoms with van der Waals surface area (Å²) in [7, 11) is 0. The molecule has 0 spiro atoms. The van der Waals surface area contributed by atoms with E-state index in [1.54, 1.807) is 6.33 Å². The monoisotopic (exact) mass is 228 g/mol. The van der Waals surface area contributed by atoms with E-state index in [1.165, 1.54) is 6.92 Å². The summed E-state index contributed by atoms with van der Waals surface area (Å²) in [6, 6.07) is 8.01. The van der Waals surface area contributed by atoms with Crippen LogP contribution in [-0.2, 0) is 4.79 Å². The standard InChI is InChI=1S/C10H7N3.C2H5NO/c1-2-7-8(11-5-1)3-4-9-10(7)13-6-12-9;1-2(3)4/h1-6,11H;1H3,(H2,3,4). The van der Waals surface area contributed by atoms with Gasteiger partial charge in [-0.3, -0.25) is 4.79 Å². The van der Waals surface area contributed by atoms with E-state index in [-0.39, 0.29) is 5.91 Å². The van der Waals surface area contributed by atoms with Crippen molar-refractivity contribution in [1.29, 1.82) is 0 Å². The Morgan fingerprint density at radius 2 is 2.06 bits per heavy atom. The Hall–Kier alpha value is -2.43. The molecule has 5 nitrogen and oxygen atoms in total. The van der Waals surface area contributed by atoms with Gasteiger partial charge in [0.05, 0.1) is 11.0 Å². The quantitative estimate of drug-likeness (QED) is 0.613. The zero-order valence-corrected chi connectivity index (χ0v) is 9.34. The molecule has 0 aliphatic heterocycles. The number of benzene rings is 1. The van der Waals surface area contributed by atoms with Crippen LogP contribution in [-0.4, -0.2) is 20.9 Å². The van der Waals surface area contributed by atoms with E-state index in [0.717, 1.165) is 21.9 Å². The summed E-state index contributed by atoms with van der Waals surface area (Å²) >= 11 is 0. The third-order valence-electron chi connectivity index (χ3n) is 2.18. The summed E-state index contributed by atoms with van der Waals surface area (Å²) in [4.78, 5) is 20.7. The van der Waals surface area contributed by atoms with Crippen LogP contribution in [0.3, 0.4) is 0 Å². The maximum atomic E-state index is 9.22. The van der Waals surface area contributed by atoms with E-state index < -0.39 is 0 Å². The minimum Gasteiger partial charge on any atom is -0.370 e. The molecule has 1 aromatic carbocycles. The first-order valence-corrected chi connectivity index (χ1v) is 5.11. The van der Waals surface area contributed by atoms with Crippen molar-refractivity contribution in [3.05, 3.63) is 36.8 Å². The predicted octanol–water partition coefficient (Wildman–Crippen LogP) is 1.60. The first kappa shape index (κ1) is 11.1. The van der Waals surface area contributed by atoms with Crippen molar-refractivity contribution >= 4 is 27.8 Å². The predicted molar refractivity (Wildman–Crippen MR) is 66.3 cm³/mol. The molecular weight excluding hydrogens is 216 g/mol. The van der Waals surface area contributed by atoms with Crippen LogP contribution in [0.15, 0.2) is 36.8 Å². The Labute approximate surface area is 97.7 Å². The number of amides is 1. The normalized spacial score (nSPS) is 9.94. The van der Waals surface area contributed by atoms with Crippen LogP contribution < -0.4 is 5.73 Å². The Bertz CT molecular complexity index is 655. The molecule has 0 unspecified atom stereocenters. The fourth-order valence-corrected chi connectivity index (χ4v) is 1.56. The number of hydrogen-bond acceptors (Lipinski definition) is 3. The largest absolute Gasteiger partial charge is 0.370 e. The number of nitrogens with two attached hydrogens (primary N) is 1. The molecule has 0 aliphatic carbocycles. The third kappa shape index (κ3) is 2.39. The van der Waals surface area contributed by atoms with Crippen LogP contribution in [0.2, 0.25) is 0 Å². The number of aromatic nitrogens is 3. The number of rotatable bonds is 0. The second kappa shape index (κ2) is 4.61. The van der Waals surface area contributed by atoms with E-state index in [4.69, 9.17) is 0 Å². The number of hydrogen-bond donors (Lipinski definition) is 2. The highest BCUT2D eigenvalue weighted by Crippen LogP contribution is 2.19. The van der Waals surface area contributed by atoms with Crippen LogP contribution in [0.25, 0.3) is 21.9 Å². The van der Waals surface area contributed by atoms with Gasteiger partial charge in [-0.05, 0) is 24.3 Å². The van der Waals surface area contributed by atoms with Crippen molar-refractivity contribution in [2.75, 3.05) is 0 Å². The van der Waals surface area contributed by atoms with E-state index in [2.05, 4.69) is 20.7 Å². The zero-order chi connectivity index (χ0) is 12.3. The number of primary amides is 1. The Balaban J connectivity index is 0.000000239. The van der Waals surface area contributed by atoms with Crippen LogP contribution in [0.5, 0.6) is 0 Å². The van der Waals surface area contributed by atoms with Crippen molar-refractivity contribution in [2.24, 2.45) is 5.73 Å². The SMILES string of the molecule is CC(N)=O.c1c[nH]c2ccc3ncnc3c2c1. The van der Waals surface area contributed by atoms with Crippen molar-refractivity contribution < 1.29 is 4.79 Å². The molecule has 3 rings (SSSR count). The minimum atomic E-state index is -0.333. The highest BCUT2D eigenvalue weighted by Gasteiger charge is 2.01. The maximum absolute atomic E-state index is 9.22. The fraction of sp³-hybridized carbons (Fsp3) is 0.0833. The van der Waals surface area contributed by atoms with Crippen LogP contribution in [0.4, 0.5) is 0 Å². The van der Waals surface area contributed by atoms with E-state index >= 15 is 0 Å². The Kier molecular flexibility index (Phi) is 3.00. The molecule has 0 bridgehead atoms. The molecule has 3 aromatic rings. The van der Waals surface area contributed by atoms with Gasteiger partial charge in [-0.25, -0.2) is 9.97 Å². The summed E-state index contributed by atoms with van der Waals surface area (Å²) in [5, 5.41) is 1.12. The van der Waals surface area contributed by atoms with Crippen LogP contribution >= 0.6 is 0 Å². The number of carbonyl (C=O) groups is 1. The summed E-state index contributed by atoms with van der Waals surface area (Å²) < 4.78 is 0. The molecule has 17 heavy (non-hydrogen) atoms. The first-order valence-electron chi connectivity index (χ1n) is 5.11. The van der Waals surface area contributed by atoms with Crippen molar-refractivity contribution in [3.8, 4) is 0 Å². The highest BCUT2D eigenvalue weighted by molar-refractivity contribution is 6.02. The van der Waals surface area contributed by atoms with Gasteiger partial charge in [0.15, 0.2) is 0 Å². The first-order chi connectivity index (χ1) is 8.18. The molecule has 0 saturated carbocycles. The lowest BCUT2D eigenvalue weighted by atomic mass is 10.2. The average Bonchev–Trinajstić information content (AvgIpc) is 2.76. The summed E-state index contributed by atoms with van der Waals surface area (Å²) in [5.41, 5.74) is 7.48. The number of aromatic amines is 1. The van der Waals surface area contributed by atoms with Gasteiger partial charge < -0.3 is 10.7 Å². The van der Waals surface area contributed by atoms with E-state index in [0.29, 0.717) is 0 Å². The van der Waals surface area contributed by atoms with Crippen LogP contribution in [0.1, 0.15) is 6.92 Å².